The molecule has 0 aliphatic rings. The SMILES string of the molecule is CC(C)n1c2ccccc2c2c1cc(C(=O)NCCc1ccccn1)n2S(C)(=O)=O.O=C(O)C(F)(F)F. The van der Waals surface area contributed by atoms with E-state index in [1.54, 1.807) is 12.3 Å². The topological polar surface area (TPSA) is 123 Å². The highest BCUT2D eigenvalue weighted by atomic mass is 32.2. The number of nitrogens with one attached hydrogen (secondary N) is 1. The summed E-state index contributed by atoms with van der Waals surface area (Å²) < 4.78 is 60.4. The monoisotopic (exact) mass is 538 g/mol. The Bertz CT molecular complexity index is 1540. The van der Waals surface area contributed by atoms with Crippen LogP contribution in [0.2, 0.25) is 0 Å². The predicted molar refractivity (Wildman–Crippen MR) is 132 cm³/mol. The third kappa shape index (κ3) is 6.10. The number of carboxylic acids is 1. The summed E-state index contributed by atoms with van der Waals surface area (Å²) in [6, 6.07) is 15.0. The summed E-state index contributed by atoms with van der Waals surface area (Å²) in [6.45, 7) is 4.44. The van der Waals surface area contributed by atoms with Gasteiger partial charge in [0.1, 0.15) is 5.69 Å². The van der Waals surface area contributed by atoms with Crippen LogP contribution in [0.25, 0.3) is 21.9 Å². The lowest BCUT2D eigenvalue weighted by Gasteiger charge is -2.11. The van der Waals surface area contributed by atoms with Crippen LogP contribution in [0.15, 0.2) is 54.7 Å². The molecule has 1 amide bonds. The van der Waals surface area contributed by atoms with Gasteiger partial charge in [-0.1, -0.05) is 24.3 Å². The normalized spacial score (nSPS) is 12.0. The first-order chi connectivity index (χ1) is 17.2. The van der Waals surface area contributed by atoms with E-state index in [9.17, 15) is 26.4 Å². The molecule has 4 rings (SSSR count). The number of para-hydroxylation sites is 1. The van der Waals surface area contributed by atoms with Crippen molar-refractivity contribution < 1.29 is 36.3 Å². The van der Waals surface area contributed by atoms with Gasteiger partial charge in [0.15, 0.2) is 0 Å². The van der Waals surface area contributed by atoms with Gasteiger partial charge in [0.2, 0.25) is 10.0 Å². The Hall–Kier alpha value is -3.87. The van der Waals surface area contributed by atoms with E-state index in [1.165, 1.54) is 3.97 Å². The fourth-order valence-corrected chi connectivity index (χ4v) is 4.94. The maximum absolute atomic E-state index is 13.0. The molecule has 0 fully saturated rings. The van der Waals surface area contributed by atoms with E-state index in [1.807, 2.05) is 56.3 Å². The molecule has 3 heterocycles. The number of amides is 1. The van der Waals surface area contributed by atoms with Crippen molar-refractivity contribution in [3.8, 4) is 0 Å². The lowest BCUT2D eigenvalue weighted by Crippen LogP contribution is -2.29. The molecule has 2 N–H and O–H groups in total. The maximum atomic E-state index is 13.0. The zero-order valence-corrected chi connectivity index (χ0v) is 21.0. The molecule has 13 heteroatoms. The van der Waals surface area contributed by atoms with Crippen molar-refractivity contribution in [2.75, 3.05) is 12.8 Å². The summed E-state index contributed by atoms with van der Waals surface area (Å²) in [5, 5.41) is 10.8. The molecule has 0 saturated carbocycles. The summed E-state index contributed by atoms with van der Waals surface area (Å²) in [5.74, 6) is -3.18. The Morgan fingerprint density at radius 2 is 1.70 bits per heavy atom. The van der Waals surface area contributed by atoms with E-state index in [2.05, 4.69) is 14.9 Å². The summed E-state index contributed by atoms with van der Waals surface area (Å²) in [4.78, 5) is 26.1. The van der Waals surface area contributed by atoms with Crippen LogP contribution in [0.1, 0.15) is 36.1 Å². The second-order valence-electron chi connectivity index (χ2n) is 8.40. The summed E-state index contributed by atoms with van der Waals surface area (Å²) >= 11 is 0. The van der Waals surface area contributed by atoms with Crippen molar-refractivity contribution in [1.82, 2.24) is 18.8 Å². The van der Waals surface area contributed by atoms with Crippen molar-refractivity contribution >= 4 is 43.8 Å². The number of aliphatic carboxylic acids is 1. The summed E-state index contributed by atoms with van der Waals surface area (Å²) in [7, 11) is -3.71. The molecular formula is C24H25F3N4O5S. The number of hydrogen-bond acceptors (Lipinski definition) is 5. The molecule has 9 nitrogen and oxygen atoms in total. The number of nitrogens with zero attached hydrogens (tertiary/aromatic N) is 3. The van der Waals surface area contributed by atoms with Crippen LogP contribution < -0.4 is 5.32 Å². The lowest BCUT2D eigenvalue weighted by atomic mass is 10.2. The molecule has 0 bridgehead atoms. The molecular weight excluding hydrogens is 513 g/mol. The number of carboxylic acid groups (broad SMARTS) is 1. The van der Waals surface area contributed by atoms with Gasteiger partial charge in [-0.15, -0.1) is 0 Å². The zero-order chi connectivity index (χ0) is 27.5. The predicted octanol–water partition coefficient (Wildman–Crippen LogP) is 3.99. The van der Waals surface area contributed by atoms with Gasteiger partial charge in [0.25, 0.3) is 5.91 Å². The van der Waals surface area contributed by atoms with E-state index in [-0.39, 0.29) is 11.7 Å². The molecule has 1 aromatic carbocycles. The Morgan fingerprint density at radius 3 is 2.24 bits per heavy atom. The fraction of sp³-hybridized carbons (Fsp3) is 0.292. The molecule has 198 valence electrons. The second kappa shape index (κ2) is 10.6. The van der Waals surface area contributed by atoms with Gasteiger partial charge in [-0.05, 0) is 38.1 Å². The Morgan fingerprint density at radius 1 is 1.08 bits per heavy atom. The zero-order valence-electron chi connectivity index (χ0n) is 20.2. The number of alkyl halides is 3. The average molecular weight is 539 g/mol. The molecule has 3 aromatic heterocycles. The minimum Gasteiger partial charge on any atom is -0.475 e. The number of pyridine rings is 1. The van der Waals surface area contributed by atoms with E-state index < -0.39 is 28.1 Å². The van der Waals surface area contributed by atoms with Gasteiger partial charge in [-0.2, -0.15) is 13.2 Å². The standard InChI is InChI=1S/C22H24N4O3S.C2HF3O2/c1-15(2)25-18-10-5-4-9-17(18)21-19(25)14-20(26(21)30(3,28)29)22(27)24-13-11-16-8-6-7-12-23-16;3-2(4,5)1(6)7/h4-10,12,14-15H,11,13H2,1-3H3,(H,24,27);(H,6,7). The Kier molecular flexibility index (Phi) is 7.96. The van der Waals surface area contributed by atoms with E-state index in [0.29, 0.717) is 18.5 Å². The fourth-order valence-electron chi connectivity index (χ4n) is 3.92. The van der Waals surface area contributed by atoms with Crippen LogP contribution >= 0.6 is 0 Å². The van der Waals surface area contributed by atoms with E-state index >= 15 is 0 Å². The maximum Gasteiger partial charge on any atom is 0.490 e. The number of fused-ring (bicyclic) bond motifs is 3. The first-order valence-corrected chi connectivity index (χ1v) is 12.9. The number of hydrogen-bond donors (Lipinski definition) is 2. The van der Waals surface area contributed by atoms with Crippen molar-refractivity contribution in [3.63, 3.8) is 0 Å². The van der Waals surface area contributed by atoms with Crippen LogP contribution in [0.3, 0.4) is 0 Å². The molecule has 0 aliphatic heterocycles. The van der Waals surface area contributed by atoms with Gasteiger partial charge in [-0.3, -0.25) is 9.78 Å². The first kappa shape index (κ1) is 27.7. The van der Waals surface area contributed by atoms with Crippen molar-refractivity contribution in [2.45, 2.75) is 32.5 Å². The molecule has 0 saturated heterocycles. The number of carbonyl (C=O) groups excluding carboxylic acids is 1. The Balaban J connectivity index is 0.000000479. The molecule has 4 aromatic rings. The molecule has 37 heavy (non-hydrogen) atoms. The van der Waals surface area contributed by atoms with Crippen LogP contribution in [-0.4, -0.2) is 57.9 Å². The average Bonchev–Trinajstić information content (AvgIpc) is 3.34. The van der Waals surface area contributed by atoms with Crippen molar-refractivity contribution in [1.29, 1.82) is 0 Å². The van der Waals surface area contributed by atoms with Crippen molar-refractivity contribution in [2.24, 2.45) is 0 Å². The highest BCUT2D eigenvalue weighted by Gasteiger charge is 2.38. The van der Waals surface area contributed by atoms with Crippen molar-refractivity contribution in [3.05, 3.63) is 66.1 Å². The molecule has 0 unspecified atom stereocenters. The van der Waals surface area contributed by atoms with Gasteiger partial charge < -0.3 is 15.0 Å². The summed E-state index contributed by atoms with van der Waals surface area (Å²) in [5.41, 5.74) is 3.18. The van der Waals surface area contributed by atoms with Crippen LogP contribution in [0, 0.1) is 0 Å². The highest BCUT2D eigenvalue weighted by Crippen LogP contribution is 2.35. The molecule has 0 radical (unpaired) electrons. The highest BCUT2D eigenvalue weighted by molar-refractivity contribution is 7.89. The van der Waals surface area contributed by atoms with Gasteiger partial charge in [0, 0.05) is 36.3 Å². The van der Waals surface area contributed by atoms with Gasteiger partial charge in [-0.25, -0.2) is 17.2 Å². The van der Waals surface area contributed by atoms with Crippen LogP contribution in [0.4, 0.5) is 13.2 Å². The van der Waals surface area contributed by atoms with Crippen LogP contribution in [-0.2, 0) is 21.2 Å². The smallest absolute Gasteiger partial charge is 0.475 e. The summed E-state index contributed by atoms with van der Waals surface area (Å²) in [6.07, 6.45) is -1.69. The van der Waals surface area contributed by atoms with Gasteiger partial charge in [0.05, 0.1) is 22.8 Å². The largest absolute Gasteiger partial charge is 0.490 e. The minimum atomic E-state index is -5.08. The van der Waals surface area contributed by atoms with Gasteiger partial charge >= 0.3 is 12.1 Å². The number of benzene rings is 1. The Labute approximate surface area is 210 Å². The van der Waals surface area contributed by atoms with E-state index in [0.717, 1.165) is 28.4 Å². The first-order valence-electron chi connectivity index (χ1n) is 11.1. The second-order valence-corrected chi connectivity index (χ2v) is 10.2. The lowest BCUT2D eigenvalue weighted by molar-refractivity contribution is -0.192. The number of rotatable bonds is 6. The molecule has 0 spiro atoms. The van der Waals surface area contributed by atoms with Crippen LogP contribution in [0.5, 0.6) is 0 Å². The number of halogens is 3. The quantitative estimate of drug-likeness (QED) is 0.383. The minimum absolute atomic E-state index is 0.0999. The third-order valence-corrected chi connectivity index (χ3v) is 6.37. The molecule has 0 atom stereocenters. The van der Waals surface area contributed by atoms with E-state index in [4.69, 9.17) is 9.90 Å². The third-order valence-electron chi connectivity index (χ3n) is 5.33. The number of carbonyl (C=O) groups is 2. The number of aromatic nitrogens is 3. The molecule has 0 aliphatic carbocycles.